The molecule has 0 atom stereocenters. The number of hydrogen-bond acceptors (Lipinski definition) is 4. The first-order chi connectivity index (χ1) is 8.10. The first kappa shape index (κ1) is 13.0. The van der Waals surface area contributed by atoms with Crippen LogP contribution in [-0.4, -0.2) is 15.4 Å². The fourth-order valence-electron chi connectivity index (χ4n) is 1.12. The minimum atomic E-state index is -0.744. The number of halogens is 1. The van der Waals surface area contributed by atoms with Crippen LogP contribution in [0.25, 0.3) is 0 Å². The summed E-state index contributed by atoms with van der Waals surface area (Å²) in [7, 11) is 0. The van der Waals surface area contributed by atoms with Crippen molar-refractivity contribution >= 4 is 21.6 Å². The van der Waals surface area contributed by atoms with Crippen LogP contribution in [-0.2, 0) is 0 Å². The van der Waals surface area contributed by atoms with Gasteiger partial charge >= 0.3 is 5.69 Å². The maximum atomic E-state index is 10.7. The van der Waals surface area contributed by atoms with Crippen LogP contribution >= 0.6 is 15.9 Å². The van der Waals surface area contributed by atoms with E-state index in [-0.39, 0.29) is 11.1 Å². The number of phenolic OH excluding ortho intramolecular Hbond substituents is 1. The van der Waals surface area contributed by atoms with Crippen molar-refractivity contribution in [1.82, 2.24) is 0 Å². The van der Waals surface area contributed by atoms with Gasteiger partial charge in [0.05, 0.1) is 22.1 Å². The molecule has 0 amide bonds. The van der Waals surface area contributed by atoms with Gasteiger partial charge in [0.15, 0.2) is 0 Å². The highest BCUT2D eigenvalue weighted by Gasteiger charge is 2.18. The highest BCUT2D eigenvalue weighted by atomic mass is 79.9. The molecule has 0 aromatic heterocycles. The lowest BCUT2D eigenvalue weighted by molar-refractivity contribution is -0.385. The number of nitriles is 1. The summed E-state index contributed by atoms with van der Waals surface area (Å²) < 4.78 is 0. The molecule has 1 aromatic rings. The molecule has 17 heavy (non-hydrogen) atoms. The number of rotatable bonds is 2. The van der Waals surface area contributed by atoms with E-state index in [4.69, 9.17) is 5.26 Å². The third kappa shape index (κ3) is 3.20. The van der Waals surface area contributed by atoms with E-state index in [1.807, 2.05) is 0 Å². The minimum Gasteiger partial charge on any atom is -0.501 e. The topological polar surface area (TPSA) is 87.2 Å². The normalized spacial score (nSPS) is 8.94. The van der Waals surface area contributed by atoms with Gasteiger partial charge in [-0.3, -0.25) is 10.1 Å². The highest BCUT2D eigenvalue weighted by molar-refractivity contribution is 9.09. The lowest BCUT2D eigenvalue weighted by atomic mass is 10.1. The van der Waals surface area contributed by atoms with Gasteiger partial charge in [-0.15, -0.1) is 0 Å². The van der Waals surface area contributed by atoms with Gasteiger partial charge in [0.2, 0.25) is 5.75 Å². The summed E-state index contributed by atoms with van der Waals surface area (Å²) >= 11 is 3.18. The van der Waals surface area contributed by atoms with Crippen LogP contribution in [0, 0.1) is 33.3 Å². The van der Waals surface area contributed by atoms with Crippen molar-refractivity contribution in [2.75, 3.05) is 5.33 Å². The SMILES string of the molecule is N#Cc1cc(C#CCCBr)c(O)c([N+](=O)[O-])c1. The largest absolute Gasteiger partial charge is 0.501 e. The van der Waals surface area contributed by atoms with Gasteiger partial charge in [0.1, 0.15) is 0 Å². The van der Waals surface area contributed by atoms with E-state index in [0.29, 0.717) is 11.8 Å². The number of phenols is 1. The number of alkyl halides is 1. The van der Waals surface area contributed by atoms with E-state index in [9.17, 15) is 15.2 Å². The Kier molecular flexibility index (Phi) is 4.50. The molecule has 6 heteroatoms. The Hall–Kier alpha value is -2.05. The highest BCUT2D eigenvalue weighted by Crippen LogP contribution is 2.30. The molecule has 0 bridgehead atoms. The lowest BCUT2D eigenvalue weighted by Gasteiger charge is -1.99. The summed E-state index contributed by atoms with van der Waals surface area (Å²) in [5, 5.41) is 29.7. The number of nitro benzene ring substituents is 1. The Bertz CT molecular complexity index is 552. The molecule has 86 valence electrons. The fourth-order valence-corrected chi connectivity index (χ4v) is 1.32. The molecule has 0 unspecified atom stereocenters. The molecule has 0 aliphatic rings. The summed E-state index contributed by atoms with van der Waals surface area (Å²) in [5.74, 6) is 4.82. The van der Waals surface area contributed by atoms with E-state index < -0.39 is 16.4 Å². The van der Waals surface area contributed by atoms with Gasteiger partial charge in [-0.25, -0.2) is 0 Å². The van der Waals surface area contributed by atoms with Crippen LogP contribution < -0.4 is 0 Å². The van der Waals surface area contributed by atoms with Gasteiger partial charge in [-0.2, -0.15) is 5.26 Å². The second-order valence-corrected chi connectivity index (χ2v) is 3.79. The van der Waals surface area contributed by atoms with E-state index >= 15 is 0 Å². The zero-order chi connectivity index (χ0) is 12.8. The Balaban J connectivity index is 3.32. The van der Waals surface area contributed by atoms with Gasteiger partial charge < -0.3 is 5.11 Å². The minimum absolute atomic E-state index is 0.0942. The van der Waals surface area contributed by atoms with Crippen molar-refractivity contribution in [2.45, 2.75) is 6.42 Å². The van der Waals surface area contributed by atoms with Crippen LogP contribution in [0.5, 0.6) is 5.75 Å². The second kappa shape index (κ2) is 5.88. The van der Waals surface area contributed by atoms with Gasteiger partial charge in [0.25, 0.3) is 0 Å². The second-order valence-electron chi connectivity index (χ2n) is 3.00. The standard InChI is InChI=1S/C11H7BrN2O3/c12-4-2-1-3-9-5-8(7-13)6-10(11(9)15)14(16)17/h5-6,15H,2,4H2. The third-order valence-corrected chi connectivity index (χ3v) is 2.25. The quantitative estimate of drug-likeness (QED) is 0.392. The van der Waals surface area contributed by atoms with Crippen molar-refractivity contribution in [1.29, 1.82) is 5.26 Å². The number of nitrogens with zero attached hydrogens (tertiary/aromatic N) is 2. The number of hydrogen-bond donors (Lipinski definition) is 1. The monoisotopic (exact) mass is 294 g/mol. The van der Waals surface area contributed by atoms with Crippen LogP contribution in [0.3, 0.4) is 0 Å². The number of aromatic hydroxyl groups is 1. The Morgan fingerprint density at radius 2 is 2.24 bits per heavy atom. The van der Waals surface area contributed by atoms with Crippen LogP contribution in [0.15, 0.2) is 12.1 Å². The van der Waals surface area contributed by atoms with Crippen molar-refractivity contribution in [2.24, 2.45) is 0 Å². The first-order valence-electron chi connectivity index (χ1n) is 4.56. The molecule has 0 aliphatic carbocycles. The average molecular weight is 295 g/mol. The van der Waals surface area contributed by atoms with Crippen LogP contribution in [0.4, 0.5) is 5.69 Å². The van der Waals surface area contributed by atoms with Crippen molar-refractivity contribution < 1.29 is 10.0 Å². The summed E-state index contributed by atoms with van der Waals surface area (Å²) in [6, 6.07) is 4.13. The fraction of sp³-hybridized carbons (Fsp3) is 0.182. The number of nitro groups is 1. The molecule has 1 N–H and O–H groups in total. The molecule has 0 saturated carbocycles. The van der Waals surface area contributed by atoms with E-state index in [1.54, 1.807) is 6.07 Å². The van der Waals surface area contributed by atoms with E-state index in [1.165, 1.54) is 6.07 Å². The molecule has 1 aromatic carbocycles. The predicted molar refractivity (Wildman–Crippen MR) is 64.8 cm³/mol. The van der Waals surface area contributed by atoms with Crippen molar-refractivity contribution in [3.8, 4) is 23.7 Å². The summed E-state index contributed by atoms with van der Waals surface area (Å²) in [4.78, 5) is 9.91. The zero-order valence-corrected chi connectivity index (χ0v) is 10.2. The van der Waals surface area contributed by atoms with Crippen molar-refractivity contribution in [3.63, 3.8) is 0 Å². The van der Waals surface area contributed by atoms with Gasteiger partial charge in [0, 0.05) is 17.8 Å². The molecule has 0 radical (unpaired) electrons. The number of benzene rings is 1. The Morgan fingerprint density at radius 3 is 2.76 bits per heavy atom. The first-order valence-corrected chi connectivity index (χ1v) is 5.68. The van der Waals surface area contributed by atoms with E-state index in [2.05, 4.69) is 27.8 Å². The van der Waals surface area contributed by atoms with Gasteiger partial charge in [-0.1, -0.05) is 27.8 Å². The lowest BCUT2D eigenvalue weighted by Crippen LogP contribution is -1.92. The molecule has 1 rings (SSSR count). The maximum Gasteiger partial charge on any atom is 0.313 e. The van der Waals surface area contributed by atoms with Gasteiger partial charge in [-0.05, 0) is 6.07 Å². The maximum absolute atomic E-state index is 10.7. The van der Waals surface area contributed by atoms with Crippen LogP contribution in [0.1, 0.15) is 17.5 Å². The smallest absolute Gasteiger partial charge is 0.313 e. The molecular formula is C11H7BrN2O3. The predicted octanol–water partition coefficient (Wildman–Crippen LogP) is 2.31. The van der Waals surface area contributed by atoms with Crippen molar-refractivity contribution in [3.05, 3.63) is 33.4 Å². The molecule has 0 aliphatic heterocycles. The Labute approximate surface area is 106 Å². The zero-order valence-electron chi connectivity index (χ0n) is 8.61. The van der Waals surface area contributed by atoms with E-state index in [0.717, 1.165) is 6.07 Å². The molecule has 0 saturated heterocycles. The summed E-state index contributed by atoms with van der Waals surface area (Å²) in [5.41, 5.74) is -0.318. The summed E-state index contributed by atoms with van der Waals surface area (Å²) in [6.45, 7) is 0. The molecule has 0 fully saturated rings. The molecule has 5 nitrogen and oxygen atoms in total. The molecule has 0 spiro atoms. The molecular weight excluding hydrogens is 288 g/mol. The average Bonchev–Trinajstić information content (AvgIpc) is 2.31. The molecule has 0 heterocycles. The Morgan fingerprint density at radius 1 is 1.53 bits per heavy atom. The van der Waals surface area contributed by atoms with Crippen LogP contribution in [0.2, 0.25) is 0 Å². The third-order valence-electron chi connectivity index (χ3n) is 1.86. The summed E-state index contributed by atoms with van der Waals surface area (Å²) in [6.07, 6.45) is 0.546.